The molecule has 0 aliphatic rings. The van der Waals surface area contributed by atoms with Crippen LogP contribution in [0.2, 0.25) is 0 Å². The van der Waals surface area contributed by atoms with E-state index in [0.29, 0.717) is 0 Å². The summed E-state index contributed by atoms with van der Waals surface area (Å²) in [7, 11) is 2.62. The molecule has 0 aliphatic heterocycles. The first-order chi connectivity index (χ1) is 4.35. The van der Waals surface area contributed by atoms with Gasteiger partial charge in [0.25, 0.3) is 0 Å². The van der Waals surface area contributed by atoms with Crippen LogP contribution in [-0.4, -0.2) is 56.7 Å². The maximum atomic E-state index is 9.71. The minimum atomic E-state index is -0.425. The number of hydrogen-bond acceptors (Lipinski definition) is 4. The molecule has 0 saturated heterocycles. The number of methoxy groups -OCH3 is 2. The molecule has 0 spiro atoms. The topological polar surface area (TPSA) is 44.8 Å². The molecule has 0 saturated carbocycles. The Morgan fingerprint density at radius 2 is 1.90 bits per heavy atom. The van der Waals surface area contributed by atoms with Crippen LogP contribution in [0.5, 0.6) is 0 Å². The van der Waals surface area contributed by atoms with E-state index < -0.39 is 6.29 Å². The summed E-state index contributed by atoms with van der Waals surface area (Å²) >= 11 is 0. The van der Waals surface area contributed by atoms with Crippen LogP contribution in [0, 0.1) is 0 Å². The van der Waals surface area contributed by atoms with Crippen molar-refractivity contribution in [2.45, 2.75) is 6.29 Å². The fourth-order valence-corrected chi connectivity index (χ4v) is 0.506. The van der Waals surface area contributed by atoms with Crippen molar-refractivity contribution < 1.29 is 18.6 Å². The molecule has 10 heavy (non-hydrogen) atoms. The van der Waals surface area contributed by atoms with Crippen molar-refractivity contribution in [2.75, 3.05) is 20.8 Å². The van der Waals surface area contributed by atoms with E-state index >= 15 is 0 Å². The van der Waals surface area contributed by atoms with Gasteiger partial charge in [-0.1, -0.05) is 0 Å². The van der Waals surface area contributed by atoms with E-state index in [0.717, 1.165) is 0 Å². The van der Waals surface area contributed by atoms with Crippen LogP contribution in [0.25, 0.3) is 0 Å². The Hall–Kier alpha value is 0.980. The van der Waals surface area contributed by atoms with E-state index in [1.165, 1.54) is 14.2 Å². The van der Waals surface area contributed by atoms with Gasteiger partial charge in [0.15, 0.2) is 6.29 Å². The molecule has 0 N–H and O–H groups in total. The first-order valence-corrected chi connectivity index (χ1v) is 3.08. The molecule has 0 heterocycles. The zero-order valence-corrected chi connectivity index (χ0v) is 6.26. The molecule has 6 heteroatoms. The second-order valence-corrected chi connectivity index (χ2v) is 1.68. The van der Waals surface area contributed by atoms with Crippen LogP contribution >= 0.6 is 8.69 Å². The monoisotopic (exact) mass is 176 g/mol. The third-order valence-corrected chi connectivity index (χ3v) is 1.04. The molecule has 0 bridgehead atoms. The van der Waals surface area contributed by atoms with Gasteiger partial charge in [-0.2, -0.15) is 0 Å². The van der Waals surface area contributed by atoms with E-state index in [2.05, 4.69) is 4.52 Å². The van der Waals surface area contributed by atoms with Crippen molar-refractivity contribution in [2.24, 2.45) is 0 Å². The molecule has 0 amide bonds. The van der Waals surface area contributed by atoms with Gasteiger partial charge < -0.3 is 9.47 Å². The summed E-state index contributed by atoms with van der Waals surface area (Å²) in [5.41, 5.74) is 0. The molecule has 0 radical (unpaired) electrons. The number of hydrogen-bond donors (Lipinski definition) is 0. The third-order valence-electron chi connectivity index (χ3n) is 0.789. The fraction of sp³-hybridized carbons (Fsp3) is 1.00. The van der Waals surface area contributed by atoms with Crippen molar-refractivity contribution in [1.82, 2.24) is 0 Å². The Kier molecular flexibility index (Phi) is 13.5. The van der Waals surface area contributed by atoms with Gasteiger partial charge in [-0.25, -0.2) is 4.57 Å². The zero-order valence-electron chi connectivity index (χ0n) is 5.36. The van der Waals surface area contributed by atoms with E-state index in [9.17, 15) is 4.57 Å². The van der Waals surface area contributed by atoms with E-state index in [-0.39, 0.29) is 44.9 Å². The Morgan fingerprint density at radius 3 is 2.20 bits per heavy atom. The summed E-state index contributed by atoms with van der Waals surface area (Å²) in [6, 6.07) is 0. The van der Waals surface area contributed by atoms with Crippen molar-refractivity contribution >= 4 is 38.2 Å². The van der Waals surface area contributed by atoms with Gasteiger partial charge in [0.1, 0.15) is 6.61 Å². The minimum absolute atomic E-state index is 0. The molecule has 0 fully saturated rings. The molecular weight excluding hydrogens is 166 g/mol. The molecular formula is C4H10NaO4P. The maximum absolute atomic E-state index is 9.71. The standard InChI is InChI=1S/C4H9O4P.Na.H/c1-6-4(7-2)3-8-9-5;;/h4H,3H2,1-2H3;;. The van der Waals surface area contributed by atoms with Crippen LogP contribution in [0.4, 0.5) is 0 Å². The molecule has 4 nitrogen and oxygen atoms in total. The van der Waals surface area contributed by atoms with Crippen molar-refractivity contribution in [3.8, 4) is 0 Å². The second kappa shape index (κ2) is 9.98. The van der Waals surface area contributed by atoms with Crippen molar-refractivity contribution in [3.63, 3.8) is 0 Å². The SMILES string of the molecule is COC(COP=O)OC.[NaH]. The molecule has 0 rings (SSSR count). The Balaban J connectivity index is 0. The number of rotatable bonds is 5. The van der Waals surface area contributed by atoms with Crippen LogP contribution in [0.15, 0.2) is 0 Å². The summed E-state index contributed by atoms with van der Waals surface area (Å²) in [5, 5.41) is 0. The molecule has 0 aliphatic carbocycles. The van der Waals surface area contributed by atoms with Crippen molar-refractivity contribution in [3.05, 3.63) is 0 Å². The quantitative estimate of drug-likeness (QED) is 0.340. The van der Waals surface area contributed by atoms with Gasteiger partial charge in [-0.05, 0) is 0 Å². The zero-order chi connectivity index (χ0) is 7.11. The van der Waals surface area contributed by atoms with Crippen molar-refractivity contribution in [1.29, 1.82) is 0 Å². The van der Waals surface area contributed by atoms with Gasteiger partial charge >= 0.3 is 38.2 Å². The average Bonchev–Trinajstić information content (AvgIpc) is 1.91. The summed E-state index contributed by atoms with van der Waals surface area (Å²) in [6.07, 6.45) is -0.425. The van der Waals surface area contributed by atoms with Gasteiger partial charge in [0, 0.05) is 14.2 Å². The van der Waals surface area contributed by atoms with E-state index in [1.54, 1.807) is 0 Å². The molecule has 56 valence electrons. The van der Waals surface area contributed by atoms with E-state index in [1.807, 2.05) is 0 Å². The Bertz CT molecular complexity index is 77.7. The molecule has 0 aromatic carbocycles. The molecule has 0 aromatic rings. The van der Waals surface area contributed by atoms with Crippen LogP contribution in [0.1, 0.15) is 0 Å². The third kappa shape index (κ3) is 7.09. The number of ether oxygens (including phenoxy) is 2. The van der Waals surface area contributed by atoms with Crippen LogP contribution < -0.4 is 0 Å². The van der Waals surface area contributed by atoms with Gasteiger partial charge in [0.2, 0.25) is 0 Å². The summed E-state index contributed by atoms with van der Waals surface area (Å²) in [6.45, 7) is 0.179. The molecule has 0 atom stereocenters. The first kappa shape index (κ1) is 13.6. The molecule has 0 aromatic heterocycles. The molecule has 0 unspecified atom stereocenters. The summed E-state index contributed by atoms with van der Waals surface area (Å²) in [5.74, 6) is 0. The normalized spacial score (nSPS) is 9.90. The van der Waals surface area contributed by atoms with Gasteiger partial charge in [-0.15, -0.1) is 0 Å². The summed E-state index contributed by atoms with van der Waals surface area (Å²) < 4.78 is 23.6. The predicted molar refractivity (Wildman–Crippen MR) is 38.5 cm³/mol. The fourth-order valence-electron chi connectivity index (χ4n) is 0.324. The van der Waals surface area contributed by atoms with Gasteiger partial charge in [0.05, 0.1) is 0 Å². The van der Waals surface area contributed by atoms with Crippen LogP contribution in [0.3, 0.4) is 0 Å². The Morgan fingerprint density at radius 1 is 1.40 bits per heavy atom. The van der Waals surface area contributed by atoms with Gasteiger partial charge in [-0.3, -0.25) is 4.52 Å². The Labute approximate surface area is 83.8 Å². The predicted octanol–water partition coefficient (Wildman–Crippen LogP) is 0.180. The summed E-state index contributed by atoms with van der Waals surface area (Å²) in [4.78, 5) is 0. The first-order valence-electron chi connectivity index (χ1n) is 2.35. The van der Waals surface area contributed by atoms with E-state index in [4.69, 9.17) is 9.47 Å². The second-order valence-electron chi connectivity index (χ2n) is 1.27. The average molecular weight is 176 g/mol. The van der Waals surface area contributed by atoms with Crippen LogP contribution in [-0.2, 0) is 18.6 Å².